The van der Waals surface area contributed by atoms with E-state index in [9.17, 15) is 68.5 Å². The molecule has 9 aliphatic rings. The fraction of sp³-hybridized carbons (Fsp3) is 0.927. The molecule has 9 rings (SSSR count). The largest absolute Gasteiger partial charge is 0.462 e. The van der Waals surface area contributed by atoms with E-state index in [1.54, 1.807) is 0 Å². The van der Waals surface area contributed by atoms with E-state index in [1.807, 2.05) is 20.8 Å². The van der Waals surface area contributed by atoms with E-state index in [-0.39, 0.29) is 29.1 Å². The van der Waals surface area contributed by atoms with Gasteiger partial charge in [0.25, 0.3) is 0 Å². The van der Waals surface area contributed by atoms with Gasteiger partial charge < -0.3 is 98.1 Å². The standard InChI is InChI=1S/C55H88O26S/c1-23(2)12-11-17-54(9)44-29(73-25(4)57)20-53(8)27-13-14-31-51(5,6)32(16-18-52(31,7)26(27)15-19-55(44,53)50(66)80-54)75-49-43(36(62)42(45(65)79-49)81-82(67,68)69)78-47-35(61)34(60)39(24(3)72-47)76-46-37(63)40(28(58)22-71-46)77-48-38(64)41(70-10)33(59)30(21-56)74-48/h13,23-24,26,28-49,56,58-65H,11-12,14-22H2,1-10H3,(H,67,68,69)/t24-,26?,28-,29+,30-,31?,32+,33-,34-,35-,36+,37-,38-,39-,40+,41+,42+,43-,44-,45+,46+,47+,48+,49-,52-,53+,54+,55-/m1/s1. The zero-order chi connectivity index (χ0) is 60.1. The Balaban J connectivity index is 0.917. The van der Waals surface area contributed by atoms with Gasteiger partial charge >= 0.3 is 22.3 Å². The van der Waals surface area contributed by atoms with Crippen molar-refractivity contribution < 1.29 is 125 Å². The van der Waals surface area contributed by atoms with Gasteiger partial charge in [0.1, 0.15) is 85.0 Å². The second-order valence-electron chi connectivity index (χ2n) is 26.2. The van der Waals surface area contributed by atoms with Crippen LogP contribution in [0.15, 0.2) is 11.6 Å². The zero-order valence-corrected chi connectivity index (χ0v) is 49.0. The molecule has 82 heavy (non-hydrogen) atoms. The molecule has 0 radical (unpaired) electrons. The lowest BCUT2D eigenvalue weighted by Crippen LogP contribution is -2.66. The number of hydrogen-bond donors (Lipinski definition) is 10. The van der Waals surface area contributed by atoms with Gasteiger partial charge in [-0.15, -0.1) is 0 Å². The molecular formula is C55H88O26S. The average Bonchev–Trinajstić information content (AvgIpc) is 1.59. The van der Waals surface area contributed by atoms with Gasteiger partial charge in [0.15, 0.2) is 37.6 Å². The van der Waals surface area contributed by atoms with E-state index in [2.05, 4.69) is 38.0 Å². The average molecular weight is 1200 g/mol. The summed E-state index contributed by atoms with van der Waals surface area (Å²) in [6.45, 7) is 16.4. The molecule has 470 valence electrons. The highest BCUT2D eigenvalue weighted by molar-refractivity contribution is 7.80. The van der Waals surface area contributed by atoms with Crippen molar-refractivity contribution in [1.82, 2.24) is 0 Å². The molecular weight excluding hydrogens is 1110 g/mol. The molecule has 28 atom stereocenters. The van der Waals surface area contributed by atoms with Crippen LogP contribution in [0.1, 0.15) is 120 Å². The number of carbonyl (C=O) groups is 2. The number of aliphatic hydroxyl groups is 9. The van der Waals surface area contributed by atoms with Crippen LogP contribution in [-0.2, 0) is 76.3 Å². The predicted molar refractivity (Wildman–Crippen MR) is 277 cm³/mol. The van der Waals surface area contributed by atoms with Crippen molar-refractivity contribution in [2.24, 2.45) is 45.3 Å². The monoisotopic (exact) mass is 1200 g/mol. The van der Waals surface area contributed by atoms with Gasteiger partial charge in [-0.25, -0.2) is 4.18 Å². The highest BCUT2D eigenvalue weighted by Gasteiger charge is 2.79. The van der Waals surface area contributed by atoms with Gasteiger partial charge in [-0.2, -0.15) is 8.42 Å². The van der Waals surface area contributed by atoms with Gasteiger partial charge in [-0.3, -0.25) is 14.1 Å². The van der Waals surface area contributed by atoms with Crippen LogP contribution in [0.25, 0.3) is 0 Å². The Labute approximate surface area is 477 Å². The molecule has 1 spiro atoms. The van der Waals surface area contributed by atoms with E-state index >= 15 is 0 Å². The number of aliphatic hydroxyl groups excluding tert-OH is 9. The van der Waals surface area contributed by atoms with Crippen LogP contribution in [0.2, 0.25) is 0 Å². The van der Waals surface area contributed by atoms with E-state index in [1.165, 1.54) is 21.0 Å². The first-order valence-electron chi connectivity index (χ1n) is 28.8. The van der Waals surface area contributed by atoms with Crippen molar-refractivity contribution in [2.75, 3.05) is 20.3 Å². The summed E-state index contributed by atoms with van der Waals surface area (Å²) in [4.78, 5) is 27.5. The Morgan fingerprint density at radius 2 is 1.44 bits per heavy atom. The van der Waals surface area contributed by atoms with Crippen LogP contribution in [0.3, 0.4) is 0 Å². The van der Waals surface area contributed by atoms with Crippen LogP contribution in [0.4, 0.5) is 0 Å². The molecule has 0 aromatic carbocycles. The van der Waals surface area contributed by atoms with Crippen LogP contribution in [0, 0.1) is 45.3 Å². The summed E-state index contributed by atoms with van der Waals surface area (Å²) in [6.07, 6.45) is -26.2. The second-order valence-corrected chi connectivity index (χ2v) is 27.2. The summed E-state index contributed by atoms with van der Waals surface area (Å²) in [6, 6.07) is 0. The van der Waals surface area contributed by atoms with Crippen LogP contribution < -0.4 is 0 Å². The molecule has 5 saturated heterocycles. The van der Waals surface area contributed by atoms with Crippen molar-refractivity contribution in [3.8, 4) is 0 Å². The summed E-state index contributed by atoms with van der Waals surface area (Å²) in [7, 11) is -4.15. The molecule has 2 unspecified atom stereocenters. The molecule has 10 N–H and O–H groups in total. The first kappa shape index (κ1) is 64.3. The van der Waals surface area contributed by atoms with E-state index in [0.29, 0.717) is 50.9 Å². The van der Waals surface area contributed by atoms with Gasteiger partial charge in [0.2, 0.25) is 0 Å². The SMILES string of the molecule is CO[C@@H]1[C@@H](O)[C@H](O[C@@H]2[C@@H](O)[C@H](O[C@H]3[C@H](O)[C@@H](O)[C@H](O[C@H]4[C@H](O[C@H]5CC[C@]6(C)C7CC[C@]89C(=O)O[C@@](C)(CCCC(C)C)[C@H]8[C@@H](OC(C)=O)C[C@@]9(C)C7=CCC6C5(C)C)O[C@H](O)[C@@H](OS(=O)(=O)O)[C@@H]4O)O[C@@H]3C)OC[C@H]2O)O[C@H](CO)[C@H]1O. The summed E-state index contributed by atoms with van der Waals surface area (Å²) in [5.74, 6) is -0.596. The zero-order valence-electron chi connectivity index (χ0n) is 48.2. The summed E-state index contributed by atoms with van der Waals surface area (Å²) in [5.41, 5.74) is -2.34. The fourth-order valence-electron chi connectivity index (χ4n) is 16.5. The number of carbonyl (C=O) groups excluding carboxylic acids is 2. The maximum Gasteiger partial charge on any atom is 0.397 e. The van der Waals surface area contributed by atoms with Crippen molar-refractivity contribution in [3.63, 3.8) is 0 Å². The Morgan fingerprint density at radius 1 is 0.780 bits per heavy atom. The summed E-state index contributed by atoms with van der Waals surface area (Å²) in [5, 5.41) is 99.6. The number of methoxy groups -OCH3 is 1. The van der Waals surface area contributed by atoms with Crippen LogP contribution in [0.5, 0.6) is 0 Å². The molecule has 0 bridgehead atoms. The first-order valence-corrected chi connectivity index (χ1v) is 30.2. The quantitative estimate of drug-likeness (QED) is 0.0521. The highest BCUT2D eigenvalue weighted by Crippen LogP contribution is 2.77. The van der Waals surface area contributed by atoms with Gasteiger partial charge in [0.05, 0.1) is 36.8 Å². The Hall–Kier alpha value is -2.17. The van der Waals surface area contributed by atoms with Crippen molar-refractivity contribution in [1.29, 1.82) is 0 Å². The molecule has 5 aliphatic heterocycles. The number of ether oxygens (including phenoxy) is 11. The number of allylic oxidation sites excluding steroid dienone is 2. The van der Waals surface area contributed by atoms with E-state index in [0.717, 1.165) is 18.4 Å². The Kier molecular flexibility index (Phi) is 18.6. The Morgan fingerprint density at radius 3 is 2.09 bits per heavy atom. The highest BCUT2D eigenvalue weighted by atomic mass is 32.3. The molecule has 3 saturated carbocycles. The van der Waals surface area contributed by atoms with Crippen molar-refractivity contribution in [2.45, 2.75) is 255 Å². The molecule has 0 aromatic rings. The minimum absolute atomic E-state index is 0.00890. The first-order chi connectivity index (χ1) is 38.3. The lowest BCUT2D eigenvalue weighted by Gasteiger charge is -2.64. The molecule has 4 aliphatic carbocycles. The maximum atomic E-state index is 14.7. The third kappa shape index (κ3) is 11.2. The maximum absolute atomic E-state index is 14.7. The molecule has 27 heteroatoms. The number of hydrogen-bond acceptors (Lipinski definition) is 25. The third-order valence-electron chi connectivity index (χ3n) is 20.5. The van der Waals surface area contributed by atoms with E-state index in [4.69, 9.17) is 52.1 Å². The molecule has 8 fully saturated rings. The molecule has 26 nitrogen and oxygen atoms in total. The van der Waals surface area contributed by atoms with Crippen molar-refractivity contribution in [3.05, 3.63) is 11.6 Å². The number of cyclic esters (lactones) is 1. The lowest BCUT2D eigenvalue weighted by molar-refractivity contribution is -0.398. The number of esters is 2. The van der Waals surface area contributed by atoms with Gasteiger partial charge in [0, 0.05) is 19.4 Å². The second kappa shape index (κ2) is 23.7. The van der Waals surface area contributed by atoms with E-state index < -0.39 is 181 Å². The fourth-order valence-corrected chi connectivity index (χ4v) is 17.0. The topological polar surface area (TPSA) is 381 Å². The predicted octanol–water partition coefficient (Wildman–Crippen LogP) is 0.0182. The van der Waals surface area contributed by atoms with Crippen LogP contribution in [-0.4, -0.2) is 226 Å². The summed E-state index contributed by atoms with van der Waals surface area (Å²) < 4.78 is 104. The van der Waals surface area contributed by atoms with Gasteiger partial charge in [-0.05, 0) is 93.8 Å². The lowest BCUT2D eigenvalue weighted by atomic mass is 9.41. The Bertz CT molecular complexity index is 2430. The molecule has 0 aromatic heterocycles. The smallest absolute Gasteiger partial charge is 0.397 e. The van der Waals surface area contributed by atoms with Gasteiger partial charge in [-0.1, -0.05) is 59.6 Å². The molecule has 0 amide bonds. The third-order valence-corrected chi connectivity index (χ3v) is 21.0. The minimum Gasteiger partial charge on any atom is -0.462 e. The van der Waals surface area contributed by atoms with Crippen LogP contribution >= 0.6 is 0 Å². The minimum atomic E-state index is -5.35. The molecule has 5 heterocycles. The normalized spacial score (nSPS) is 50.2. The number of fused-ring (bicyclic) bond motifs is 4. The summed E-state index contributed by atoms with van der Waals surface area (Å²) >= 11 is 0. The van der Waals surface area contributed by atoms with Crippen molar-refractivity contribution >= 4 is 22.3 Å². The number of rotatable bonds is 17.